The molecule has 0 saturated heterocycles. The van der Waals surface area contributed by atoms with Gasteiger partial charge in [0.2, 0.25) is 0 Å². The van der Waals surface area contributed by atoms with E-state index in [4.69, 9.17) is 9.47 Å². The van der Waals surface area contributed by atoms with Crippen molar-refractivity contribution < 1.29 is 19.1 Å². The van der Waals surface area contributed by atoms with E-state index in [2.05, 4.69) is 21.2 Å². The van der Waals surface area contributed by atoms with Gasteiger partial charge in [-0.15, -0.1) is 0 Å². The fourth-order valence-corrected chi connectivity index (χ4v) is 2.41. The predicted octanol–water partition coefficient (Wildman–Crippen LogP) is 3.48. The Hall–Kier alpha value is -2.60. The van der Waals surface area contributed by atoms with E-state index in [9.17, 15) is 9.59 Å². The number of rotatable bonds is 7. The largest absolute Gasteiger partial charge is 0.496 e. The molecule has 0 heterocycles. The summed E-state index contributed by atoms with van der Waals surface area (Å²) in [5.74, 6) is 0.855. The lowest BCUT2D eigenvalue weighted by Crippen LogP contribution is -2.24. The molecule has 2 aromatic rings. The van der Waals surface area contributed by atoms with E-state index in [-0.39, 0.29) is 18.3 Å². The molecule has 5 nitrogen and oxygen atoms in total. The van der Waals surface area contributed by atoms with Crippen LogP contribution in [0.5, 0.6) is 11.5 Å². The zero-order chi connectivity index (χ0) is 18.2. The van der Waals surface area contributed by atoms with Crippen molar-refractivity contribution in [3.8, 4) is 11.5 Å². The molecule has 2 rings (SSSR count). The normalized spacial score (nSPS) is 10.5. The summed E-state index contributed by atoms with van der Waals surface area (Å²) in [6.07, 6.45) is 3.20. The third-order valence-electron chi connectivity index (χ3n) is 3.39. The number of likely N-dealkylation sites (N-methyl/N-ethyl adjacent to an activating group) is 1. The van der Waals surface area contributed by atoms with Crippen molar-refractivity contribution >= 4 is 33.7 Å². The molecule has 25 heavy (non-hydrogen) atoms. The average Bonchev–Trinajstić information content (AvgIpc) is 2.64. The number of hydrogen-bond donors (Lipinski definition) is 1. The van der Waals surface area contributed by atoms with Gasteiger partial charge < -0.3 is 14.8 Å². The summed E-state index contributed by atoms with van der Waals surface area (Å²) in [6.45, 7) is -0.0631. The molecule has 0 atom stereocenters. The third-order valence-corrected chi connectivity index (χ3v) is 3.89. The molecule has 6 heteroatoms. The number of amides is 1. The van der Waals surface area contributed by atoms with Crippen molar-refractivity contribution in [1.29, 1.82) is 0 Å². The average molecular weight is 404 g/mol. The first-order valence-electron chi connectivity index (χ1n) is 7.53. The fraction of sp³-hybridized carbons (Fsp3) is 0.158. The molecule has 0 aliphatic rings. The fourth-order valence-electron chi connectivity index (χ4n) is 2.03. The highest BCUT2D eigenvalue weighted by Crippen LogP contribution is 2.24. The molecule has 0 aliphatic heterocycles. The maximum Gasteiger partial charge on any atom is 0.257 e. The van der Waals surface area contributed by atoms with Crippen LogP contribution >= 0.6 is 15.9 Å². The summed E-state index contributed by atoms with van der Waals surface area (Å²) in [4.78, 5) is 23.4. The zero-order valence-electron chi connectivity index (χ0n) is 13.9. The summed E-state index contributed by atoms with van der Waals surface area (Å²) in [7, 11) is 3.12. The SMILES string of the molecule is CNC(=O)COc1ccc(C(=O)/C=C/c2cc(Br)ccc2OC)cc1. The van der Waals surface area contributed by atoms with Gasteiger partial charge in [-0.1, -0.05) is 15.9 Å². The zero-order valence-corrected chi connectivity index (χ0v) is 15.5. The van der Waals surface area contributed by atoms with Crippen LogP contribution in [-0.4, -0.2) is 32.5 Å². The summed E-state index contributed by atoms with van der Waals surface area (Å²) < 4.78 is 11.5. The van der Waals surface area contributed by atoms with Crippen molar-refractivity contribution in [3.63, 3.8) is 0 Å². The van der Waals surface area contributed by atoms with Gasteiger partial charge in [-0.25, -0.2) is 0 Å². The quantitative estimate of drug-likeness (QED) is 0.567. The molecule has 0 aliphatic carbocycles. The van der Waals surface area contributed by atoms with Crippen molar-refractivity contribution in [3.05, 3.63) is 64.1 Å². The highest BCUT2D eigenvalue weighted by atomic mass is 79.9. The third kappa shape index (κ3) is 5.46. The second kappa shape index (κ2) is 9.03. The molecular weight excluding hydrogens is 386 g/mol. The van der Waals surface area contributed by atoms with Crippen molar-refractivity contribution in [1.82, 2.24) is 5.32 Å². The minimum atomic E-state index is -0.217. The number of methoxy groups -OCH3 is 1. The van der Waals surface area contributed by atoms with E-state index in [1.807, 2.05) is 18.2 Å². The lowest BCUT2D eigenvalue weighted by Gasteiger charge is -2.06. The number of halogens is 1. The Kier molecular flexibility index (Phi) is 6.77. The van der Waals surface area contributed by atoms with E-state index >= 15 is 0 Å². The monoisotopic (exact) mass is 403 g/mol. The summed E-state index contributed by atoms with van der Waals surface area (Å²) in [5.41, 5.74) is 1.33. The number of hydrogen-bond acceptors (Lipinski definition) is 4. The predicted molar refractivity (Wildman–Crippen MR) is 100 cm³/mol. The van der Waals surface area contributed by atoms with E-state index in [1.54, 1.807) is 44.5 Å². The smallest absolute Gasteiger partial charge is 0.257 e. The first-order valence-corrected chi connectivity index (χ1v) is 8.32. The van der Waals surface area contributed by atoms with Gasteiger partial charge in [0.15, 0.2) is 12.4 Å². The van der Waals surface area contributed by atoms with Crippen LogP contribution in [0.2, 0.25) is 0 Å². The van der Waals surface area contributed by atoms with Crippen LogP contribution in [0.25, 0.3) is 6.08 Å². The lowest BCUT2D eigenvalue weighted by molar-refractivity contribution is -0.122. The Labute approximate surface area is 154 Å². The van der Waals surface area contributed by atoms with Crippen LogP contribution in [0, 0.1) is 0 Å². The van der Waals surface area contributed by atoms with Crippen molar-refractivity contribution in [2.75, 3.05) is 20.8 Å². The number of ketones is 1. The number of benzene rings is 2. The Morgan fingerprint density at radius 1 is 1.16 bits per heavy atom. The molecule has 1 N–H and O–H groups in total. The molecule has 0 saturated carbocycles. The Morgan fingerprint density at radius 3 is 2.52 bits per heavy atom. The van der Waals surface area contributed by atoms with Gasteiger partial charge in [0, 0.05) is 22.6 Å². The number of carbonyl (C=O) groups excluding carboxylic acids is 2. The molecule has 0 bridgehead atoms. The highest BCUT2D eigenvalue weighted by molar-refractivity contribution is 9.10. The summed E-state index contributed by atoms with van der Waals surface area (Å²) in [6, 6.07) is 12.2. The molecule has 0 radical (unpaired) electrons. The van der Waals surface area contributed by atoms with E-state index < -0.39 is 0 Å². The van der Waals surface area contributed by atoms with Crippen LogP contribution < -0.4 is 14.8 Å². The Balaban J connectivity index is 2.06. The molecule has 0 fully saturated rings. The van der Waals surface area contributed by atoms with Gasteiger partial charge >= 0.3 is 0 Å². The molecule has 0 spiro atoms. The van der Waals surface area contributed by atoms with Crippen LogP contribution in [0.4, 0.5) is 0 Å². The summed E-state index contributed by atoms with van der Waals surface area (Å²) >= 11 is 3.40. The lowest BCUT2D eigenvalue weighted by atomic mass is 10.1. The van der Waals surface area contributed by atoms with Crippen molar-refractivity contribution in [2.24, 2.45) is 0 Å². The van der Waals surface area contributed by atoms with Crippen molar-refractivity contribution in [2.45, 2.75) is 0 Å². The minimum absolute atomic E-state index is 0.0631. The van der Waals surface area contributed by atoms with Crippen LogP contribution in [0.3, 0.4) is 0 Å². The van der Waals surface area contributed by atoms with Crippen LogP contribution in [0.1, 0.15) is 15.9 Å². The van der Waals surface area contributed by atoms with Crippen LogP contribution in [-0.2, 0) is 4.79 Å². The number of ether oxygens (including phenoxy) is 2. The second-order valence-corrected chi connectivity index (χ2v) is 5.99. The van der Waals surface area contributed by atoms with Gasteiger partial charge in [0.25, 0.3) is 5.91 Å². The van der Waals surface area contributed by atoms with E-state index in [1.165, 1.54) is 6.08 Å². The second-order valence-electron chi connectivity index (χ2n) is 5.07. The maximum atomic E-state index is 12.3. The highest BCUT2D eigenvalue weighted by Gasteiger charge is 2.05. The van der Waals surface area contributed by atoms with Gasteiger partial charge in [-0.05, 0) is 54.6 Å². The van der Waals surface area contributed by atoms with Gasteiger partial charge in [0.1, 0.15) is 11.5 Å². The van der Waals surface area contributed by atoms with E-state index in [0.717, 1.165) is 10.0 Å². The molecule has 1 amide bonds. The first-order chi connectivity index (χ1) is 12.0. The van der Waals surface area contributed by atoms with Gasteiger partial charge in [-0.2, -0.15) is 0 Å². The molecule has 130 valence electrons. The topological polar surface area (TPSA) is 64.6 Å². The van der Waals surface area contributed by atoms with Crippen LogP contribution in [0.15, 0.2) is 53.0 Å². The van der Waals surface area contributed by atoms with E-state index in [0.29, 0.717) is 17.1 Å². The number of carbonyl (C=O) groups is 2. The maximum absolute atomic E-state index is 12.3. The first kappa shape index (κ1) is 18.7. The Morgan fingerprint density at radius 2 is 1.88 bits per heavy atom. The van der Waals surface area contributed by atoms with Gasteiger partial charge in [0.05, 0.1) is 7.11 Å². The number of nitrogens with one attached hydrogen (secondary N) is 1. The molecular formula is C19H18BrNO4. The molecule has 0 aromatic heterocycles. The number of allylic oxidation sites excluding steroid dienone is 1. The molecule has 2 aromatic carbocycles. The minimum Gasteiger partial charge on any atom is -0.496 e. The Bertz CT molecular complexity index is 785. The molecule has 0 unspecified atom stereocenters. The standard InChI is InChI=1S/C19H18BrNO4/c1-21-19(23)12-25-16-7-3-13(4-8-16)17(22)9-5-14-11-15(20)6-10-18(14)24-2/h3-11H,12H2,1-2H3,(H,21,23)/b9-5+. The summed E-state index contributed by atoms with van der Waals surface area (Å²) in [5, 5.41) is 2.47. The van der Waals surface area contributed by atoms with Gasteiger partial charge in [-0.3, -0.25) is 9.59 Å².